The van der Waals surface area contributed by atoms with Crippen LogP contribution >= 0.6 is 0 Å². The molecule has 0 aliphatic rings. The molecule has 4 rings (SSSR count). The molecular formula is C33H36N2O. The third-order valence-electron chi connectivity index (χ3n) is 6.22. The Bertz CT molecular complexity index is 1260. The van der Waals surface area contributed by atoms with Crippen LogP contribution in [0.4, 0.5) is 17.1 Å². The van der Waals surface area contributed by atoms with Crippen molar-refractivity contribution < 1.29 is 5.11 Å². The highest BCUT2D eigenvalue weighted by atomic mass is 16.3. The molecule has 0 radical (unpaired) electrons. The zero-order chi connectivity index (χ0) is 25.9. The maximum Gasteiger partial charge on any atom is 0.145 e. The molecule has 0 saturated heterocycles. The Morgan fingerprint density at radius 1 is 0.611 bits per heavy atom. The van der Waals surface area contributed by atoms with Gasteiger partial charge in [0.2, 0.25) is 0 Å². The van der Waals surface area contributed by atoms with Crippen LogP contribution in [0.3, 0.4) is 0 Å². The Balaban J connectivity index is 2.08. The number of amidine groups is 1. The van der Waals surface area contributed by atoms with Crippen LogP contribution < -0.4 is 4.90 Å². The topological polar surface area (TPSA) is 35.8 Å². The molecule has 1 N–H and O–H groups in total. The molecule has 36 heavy (non-hydrogen) atoms. The molecule has 0 spiro atoms. The van der Waals surface area contributed by atoms with Crippen molar-refractivity contribution in [2.75, 3.05) is 4.90 Å². The fraction of sp³-hybridized carbons (Fsp3) is 0.242. The van der Waals surface area contributed by atoms with E-state index < -0.39 is 0 Å². The zero-order valence-corrected chi connectivity index (χ0v) is 22.2. The second kappa shape index (κ2) is 10.0. The number of phenols is 1. The van der Waals surface area contributed by atoms with Crippen LogP contribution in [-0.4, -0.2) is 10.9 Å². The van der Waals surface area contributed by atoms with E-state index in [4.69, 9.17) is 4.99 Å². The maximum atomic E-state index is 11.4. The van der Waals surface area contributed by atoms with Crippen molar-refractivity contribution in [3.8, 4) is 5.75 Å². The summed E-state index contributed by atoms with van der Waals surface area (Å²) in [5.74, 6) is 1.17. The summed E-state index contributed by atoms with van der Waals surface area (Å²) >= 11 is 0. The number of hydrogen-bond donors (Lipinski definition) is 1. The Morgan fingerprint density at radius 2 is 1.00 bits per heavy atom. The highest BCUT2D eigenvalue weighted by Crippen LogP contribution is 2.41. The Kier molecular flexibility index (Phi) is 7.03. The van der Waals surface area contributed by atoms with Gasteiger partial charge in [0.15, 0.2) is 0 Å². The molecule has 3 nitrogen and oxygen atoms in total. The van der Waals surface area contributed by atoms with E-state index in [-0.39, 0.29) is 10.8 Å². The number of phenolic OH excluding ortho intramolecular Hbond substituents is 1. The SMILES string of the molecule is CC(C)(C)c1cc(C(=Nc2ccccc2)N(c2ccccc2)c2ccccc2)cc(C(C)(C)C)c1O. The lowest BCUT2D eigenvalue weighted by atomic mass is 9.78. The molecule has 0 aromatic heterocycles. The monoisotopic (exact) mass is 476 g/mol. The first-order valence-corrected chi connectivity index (χ1v) is 12.5. The van der Waals surface area contributed by atoms with Crippen LogP contribution in [0.15, 0.2) is 108 Å². The van der Waals surface area contributed by atoms with Gasteiger partial charge in [-0.1, -0.05) is 96.1 Å². The van der Waals surface area contributed by atoms with Gasteiger partial charge in [0.1, 0.15) is 11.6 Å². The quantitative estimate of drug-likeness (QED) is 0.236. The molecule has 4 aromatic rings. The van der Waals surface area contributed by atoms with E-state index in [2.05, 4.69) is 82.8 Å². The van der Waals surface area contributed by atoms with Gasteiger partial charge >= 0.3 is 0 Å². The van der Waals surface area contributed by atoms with E-state index in [0.29, 0.717) is 5.75 Å². The van der Waals surface area contributed by atoms with Crippen molar-refractivity contribution in [2.45, 2.75) is 52.4 Å². The standard InChI is InChI=1S/C33H36N2O/c1-32(2,3)28-22-24(23-29(30(28)36)33(4,5)6)31(34-25-16-10-7-11-17-25)35(26-18-12-8-13-19-26)27-20-14-9-15-21-27/h7-23,36H,1-6H3. The van der Waals surface area contributed by atoms with Gasteiger partial charge < -0.3 is 5.11 Å². The minimum Gasteiger partial charge on any atom is -0.507 e. The summed E-state index contributed by atoms with van der Waals surface area (Å²) < 4.78 is 0. The number of anilines is 2. The molecule has 0 aliphatic heterocycles. The lowest BCUT2D eigenvalue weighted by Gasteiger charge is -2.31. The third kappa shape index (κ3) is 5.52. The first kappa shape index (κ1) is 25.2. The van der Waals surface area contributed by atoms with E-state index in [1.165, 1.54) is 0 Å². The van der Waals surface area contributed by atoms with Crippen molar-refractivity contribution in [1.29, 1.82) is 0 Å². The number of aromatic hydroxyl groups is 1. The average molecular weight is 477 g/mol. The van der Waals surface area contributed by atoms with Crippen LogP contribution in [0.5, 0.6) is 5.75 Å². The van der Waals surface area contributed by atoms with Crippen molar-refractivity contribution >= 4 is 22.9 Å². The number of hydrogen-bond acceptors (Lipinski definition) is 2. The van der Waals surface area contributed by atoms with Gasteiger partial charge in [0.25, 0.3) is 0 Å². The first-order valence-electron chi connectivity index (χ1n) is 12.5. The summed E-state index contributed by atoms with van der Waals surface area (Å²) in [7, 11) is 0. The predicted molar refractivity (Wildman–Crippen MR) is 153 cm³/mol. The van der Waals surface area contributed by atoms with Crippen LogP contribution in [0.2, 0.25) is 0 Å². The van der Waals surface area contributed by atoms with E-state index >= 15 is 0 Å². The highest BCUT2D eigenvalue weighted by molar-refractivity contribution is 6.15. The van der Waals surface area contributed by atoms with Crippen LogP contribution in [0.25, 0.3) is 0 Å². The summed E-state index contributed by atoms with van der Waals surface area (Å²) in [5, 5.41) is 11.4. The fourth-order valence-electron chi connectivity index (χ4n) is 4.32. The molecule has 0 bridgehead atoms. The molecule has 0 amide bonds. The summed E-state index contributed by atoms with van der Waals surface area (Å²) in [6.07, 6.45) is 0. The summed E-state index contributed by atoms with van der Waals surface area (Å²) in [6, 6.07) is 34.9. The smallest absolute Gasteiger partial charge is 0.145 e. The van der Waals surface area contributed by atoms with Crippen molar-refractivity contribution in [2.24, 2.45) is 4.99 Å². The lowest BCUT2D eigenvalue weighted by Crippen LogP contribution is -2.28. The normalized spacial score (nSPS) is 12.4. The molecule has 184 valence electrons. The second-order valence-electron chi connectivity index (χ2n) is 11.2. The summed E-state index contributed by atoms with van der Waals surface area (Å²) in [4.78, 5) is 7.41. The number of aliphatic imine (C=N–C) groups is 1. The molecule has 0 unspecified atom stereocenters. The molecule has 0 saturated carbocycles. The molecule has 4 aromatic carbocycles. The average Bonchev–Trinajstić information content (AvgIpc) is 2.84. The van der Waals surface area contributed by atoms with Crippen molar-refractivity contribution in [1.82, 2.24) is 0 Å². The van der Waals surface area contributed by atoms with Crippen LogP contribution in [0, 0.1) is 0 Å². The van der Waals surface area contributed by atoms with Gasteiger partial charge in [-0.25, -0.2) is 4.99 Å². The van der Waals surface area contributed by atoms with E-state index in [1.54, 1.807) is 0 Å². The van der Waals surface area contributed by atoms with Crippen LogP contribution in [0.1, 0.15) is 58.2 Å². The Morgan fingerprint density at radius 3 is 1.39 bits per heavy atom. The summed E-state index contributed by atoms with van der Waals surface area (Å²) in [6.45, 7) is 12.8. The van der Waals surface area contributed by atoms with Gasteiger partial charge in [-0.2, -0.15) is 0 Å². The number of rotatable bonds is 4. The number of benzene rings is 4. The van der Waals surface area contributed by atoms with E-state index in [9.17, 15) is 5.11 Å². The molecule has 0 heterocycles. The van der Waals surface area contributed by atoms with Crippen molar-refractivity contribution in [3.05, 3.63) is 120 Å². The maximum absolute atomic E-state index is 11.4. The van der Waals surface area contributed by atoms with Gasteiger partial charge in [-0.3, -0.25) is 4.90 Å². The predicted octanol–water partition coefficient (Wildman–Crippen LogP) is 8.90. The van der Waals surface area contributed by atoms with Crippen molar-refractivity contribution in [3.63, 3.8) is 0 Å². The Labute approximate surface area is 215 Å². The molecule has 0 aliphatic carbocycles. The minimum atomic E-state index is -0.248. The van der Waals surface area contributed by atoms with E-state index in [0.717, 1.165) is 39.6 Å². The van der Waals surface area contributed by atoms with Gasteiger partial charge in [-0.15, -0.1) is 0 Å². The molecule has 0 fully saturated rings. The van der Waals surface area contributed by atoms with Crippen LogP contribution in [-0.2, 0) is 10.8 Å². The lowest BCUT2D eigenvalue weighted by molar-refractivity contribution is 0.423. The Hall–Kier alpha value is -3.85. The summed E-state index contributed by atoms with van der Waals surface area (Å²) in [5.41, 5.74) is 5.18. The molecule has 3 heteroatoms. The number of para-hydroxylation sites is 3. The fourth-order valence-corrected chi connectivity index (χ4v) is 4.32. The molecule has 0 atom stereocenters. The third-order valence-corrected chi connectivity index (χ3v) is 6.22. The van der Waals surface area contributed by atoms with E-state index in [1.807, 2.05) is 66.7 Å². The second-order valence-corrected chi connectivity index (χ2v) is 11.2. The van der Waals surface area contributed by atoms with Gasteiger partial charge in [0, 0.05) is 28.1 Å². The molecular weight excluding hydrogens is 440 g/mol. The van der Waals surface area contributed by atoms with Gasteiger partial charge in [0.05, 0.1) is 5.69 Å². The zero-order valence-electron chi connectivity index (χ0n) is 22.2. The first-order chi connectivity index (χ1) is 17.1. The minimum absolute atomic E-state index is 0.248. The largest absolute Gasteiger partial charge is 0.507 e. The van der Waals surface area contributed by atoms with Gasteiger partial charge in [-0.05, 0) is 59.4 Å². The number of nitrogens with zero attached hydrogens (tertiary/aromatic N) is 2. The highest BCUT2D eigenvalue weighted by Gasteiger charge is 2.29.